The van der Waals surface area contributed by atoms with Crippen molar-refractivity contribution in [3.05, 3.63) is 35.4 Å². The molecule has 0 aromatic heterocycles. The Bertz CT molecular complexity index is 484. The number of aryl methyl sites for hydroxylation is 1. The first-order chi connectivity index (χ1) is 10.2. The standard InChI is InChI=1S/C18H26N2O/c1-3-14(15-6-4-13(2)5-7-15)8-18(21)20-11-16-9-19-10-17(16)12-20/h4-7,14,16-17,19H,3,8-12H2,1-2H3/t14?,16-,17+. The highest BCUT2D eigenvalue weighted by Crippen LogP contribution is 2.29. The summed E-state index contributed by atoms with van der Waals surface area (Å²) >= 11 is 0. The molecular formula is C18H26N2O. The molecule has 2 saturated heterocycles. The lowest BCUT2D eigenvalue weighted by molar-refractivity contribution is -0.130. The summed E-state index contributed by atoms with van der Waals surface area (Å²) in [7, 11) is 0. The third-order valence-corrected chi connectivity index (χ3v) is 5.20. The molecule has 0 radical (unpaired) electrons. The molecule has 3 rings (SSSR count). The molecule has 1 aromatic carbocycles. The lowest BCUT2D eigenvalue weighted by atomic mass is 9.92. The van der Waals surface area contributed by atoms with Crippen LogP contribution >= 0.6 is 0 Å². The molecule has 1 N–H and O–H groups in total. The highest BCUT2D eigenvalue weighted by atomic mass is 16.2. The number of carbonyl (C=O) groups excluding carboxylic acids is 1. The number of fused-ring (bicyclic) bond motifs is 1. The Hall–Kier alpha value is -1.35. The van der Waals surface area contributed by atoms with Crippen LogP contribution in [0.5, 0.6) is 0 Å². The monoisotopic (exact) mass is 286 g/mol. The topological polar surface area (TPSA) is 32.3 Å². The Morgan fingerprint density at radius 3 is 2.43 bits per heavy atom. The summed E-state index contributed by atoms with van der Waals surface area (Å²) in [5.41, 5.74) is 2.58. The van der Waals surface area contributed by atoms with Gasteiger partial charge in [-0.2, -0.15) is 0 Å². The van der Waals surface area contributed by atoms with Crippen molar-refractivity contribution in [3.8, 4) is 0 Å². The van der Waals surface area contributed by atoms with Gasteiger partial charge in [0.2, 0.25) is 5.91 Å². The summed E-state index contributed by atoms with van der Waals surface area (Å²) in [5, 5.41) is 3.43. The van der Waals surface area contributed by atoms with E-state index in [0.717, 1.165) is 32.6 Å². The fourth-order valence-corrected chi connectivity index (χ4v) is 3.74. The molecule has 2 aliphatic heterocycles. The molecule has 2 heterocycles. The molecule has 21 heavy (non-hydrogen) atoms. The maximum absolute atomic E-state index is 12.6. The molecule has 114 valence electrons. The van der Waals surface area contributed by atoms with Crippen LogP contribution in [-0.4, -0.2) is 37.0 Å². The van der Waals surface area contributed by atoms with E-state index in [1.165, 1.54) is 11.1 Å². The average Bonchev–Trinajstić information content (AvgIpc) is 3.07. The number of benzene rings is 1. The third-order valence-electron chi connectivity index (χ3n) is 5.20. The van der Waals surface area contributed by atoms with Gasteiger partial charge in [-0.05, 0) is 36.7 Å². The van der Waals surface area contributed by atoms with E-state index < -0.39 is 0 Å². The minimum absolute atomic E-state index is 0.344. The lowest BCUT2D eigenvalue weighted by Gasteiger charge is -2.21. The van der Waals surface area contributed by atoms with Gasteiger partial charge in [0.05, 0.1) is 0 Å². The van der Waals surface area contributed by atoms with E-state index in [2.05, 4.69) is 48.3 Å². The second kappa shape index (κ2) is 6.18. The van der Waals surface area contributed by atoms with Gasteiger partial charge in [0.15, 0.2) is 0 Å². The SMILES string of the molecule is CCC(CC(=O)N1C[C@H]2CNC[C@H]2C1)c1ccc(C)cc1. The lowest BCUT2D eigenvalue weighted by Crippen LogP contribution is -2.32. The zero-order valence-electron chi connectivity index (χ0n) is 13.1. The van der Waals surface area contributed by atoms with Crippen LogP contribution in [0.2, 0.25) is 0 Å². The van der Waals surface area contributed by atoms with E-state index in [9.17, 15) is 4.79 Å². The third kappa shape index (κ3) is 3.13. The minimum atomic E-state index is 0.344. The summed E-state index contributed by atoms with van der Waals surface area (Å²) in [6.07, 6.45) is 1.68. The number of hydrogen-bond acceptors (Lipinski definition) is 2. The van der Waals surface area contributed by atoms with Gasteiger partial charge in [0.1, 0.15) is 0 Å². The predicted molar refractivity (Wildman–Crippen MR) is 85.3 cm³/mol. The number of nitrogens with zero attached hydrogens (tertiary/aromatic N) is 1. The molecule has 3 heteroatoms. The molecule has 0 spiro atoms. The largest absolute Gasteiger partial charge is 0.342 e. The van der Waals surface area contributed by atoms with Crippen molar-refractivity contribution < 1.29 is 4.79 Å². The van der Waals surface area contributed by atoms with Crippen LogP contribution in [0.3, 0.4) is 0 Å². The number of rotatable bonds is 4. The number of carbonyl (C=O) groups is 1. The zero-order chi connectivity index (χ0) is 14.8. The van der Waals surface area contributed by atoms with Crippen LogP contribution < -0.4 is 5.32 Å². The highest BCUT2D eigenvalue weighted by Gasteiger charge is 2.38. The van der Waals surface area contributed by atoms with E-state index in [-0.39, 0.29) is 0 Å². The maximum Gasteiger partial charge on any atom is 0.223 e. The van der Waals surface area contributed by atoms with Crippen LogP contribution in [0.4, 0.5) is 0 Å². The summed E-state index contributed by atoms with van der Waals surface area (Å²) in [4.78, 5) is 14.7. The van der Waals surface area contributed by atoms with Crippen molar-refractivity contribution in [1.29, 1.82) is 0 Å². The predicted octanol–water partition coefficient (Wildman–Crippen LogP) is 2.56. The van der Waals surface area contributed by atoms with E-state index in [1.54, 1.807) is 0 Å². The fraction of sp³-hybridized carbons (Fsp3) is 0.611. The highest BCUT2D eigenvalue weighted by molar-refractivity contribution is 5.77. The second-order valence-electron chi connectivity index (χ2n) is 6.70. The van der Waals surface area contributed by atoms with Crippen molar-refractivity contribution in [2.75, 3.05) is 26.2 Å². The van der Waals surface area contributed by atoms with E-state index in [1.807, 2.05) is 0 Å². The van der Waals surface area contributed by atoms with Gasteiger partial charge in [-0.15, -0.1) is 0 Å². The molecular weight excluding hydrogens is 260 g/mol. The Balaban J connectivity index is 1.61. The van der Waals surface area contributed by atoms with Crippen molar-refractivity contribution in [2.45, 2.75) is 32.6 Å². The van der Waals surface area contributed by atoms with Crippen LogP contribution in [-0.2, 0) is 4.79 Å². The Morgan fingerprint density at radius 1 is 1.24 bits per heavy atom. The van der Waals surface area contributed by atoms with Crippen molar-refractivity contribution in [2.24, 2.45) is 11.8 Å². The van der Waals surface area contributed by atoms with Crippen LogP contribution in [0, 0.1) is 18.8 Å². The van der Waals surface area contributed by atoms with Gasteiger partial charge in [0.25, 0.3) is 0 Å². The van der Waals surface area contributed by atoms with Crippen LogP contribution in [0.15, 0.2) is 24.3 Å². The fourth-order valence-electron chi connectivity index (χ4n) is 3.74. The molecule has 3 atom stereocenters. The quantitative estimate of drug-likeness (QED) is 0.922. The average molecular weight is 286 g/mol. The zero-order valence-corrected chi connectivity index (χ0v) is 13.1. The van der Waals surface area contributed by atoms with Gasteiger partial charge >= 0.3 is 0 Å². The summed E-state index contributed by atoms with van der Waals surface area (Å²) in [6, 6.07) is 8.65. The molecule has 0 aliphatic carbocycles. The maximum atomic E-state index is 12.6. The van der Waals surface area contributed by atoms with E-state index in [4.69, 9.17) is 0 Å². The van der Waals surface area contributed by atoms with Crippen molar-refractivity contribution >= 4 is 5.91 Å². The van der Waals surface area contributed by atoms with Crippen molar-refractivity contribution in [3.63, 3.8) is 0 Å². The molecule has 2 fully saturated rings. The number of hydrogen-bond donors (Lipinski definition) is 1. The minimum Gasteiger partial charge on any atom is -0.342 e. The van der Waals surface area contributed by atoms with Crippen molar-refractivity contribution in [1.82, 2.24) is 10.2 Å². The first kappa shape index (κ1) is 14.6. The molecule has 1 aromatic rings. The number of likely N-dealkylation sites (tertiary alicyclic amines) is 1. The molecule has 1 amide bonds. The van der Waals surface area contributed by atoms with Gasteiger partial charge < -0.3 is 10.2 Å². The summed E-state index contributed by atoms with van der Waals surface area (Å²) in [5.74, 6) is 2.08. The van der Waals surface area contributed by atoms with E-state index >= 15 is 0 Å². The molecule has 1 unspecified atom stereocenters. The normalized spacial score (nSPS) is 25.9. The first-order valence-corrected chi connectivity index (χ1v) is 8.22. The molecule has 0 bridgehead atoms. The number of nitrogens with one attached hydrogen (secondary N) is 1. The Kier molecular flexibility index (Phi) is 4.29. The molecule has 3 nitrogen and oxygen atoms in total. The molecule has 0 saturated carbocycles. The Morgan fingerprint density at radius 2 is 1.86 bits per heavy atom. The van der Waals surface area contributed by atoms with Gasteiger partial charge in [-0.1, -0.05) is 36.8 Å². The smallest absolute Gasteiger partial charge is 0.223 e. The molecule has 2 aliphatic rings. The summed E-state index contributed by atoms with van der Waals surface area (Å²) < 4.78 is 0. The first-order valence-electron chi connectivity index (χ1n) is 8.22. The second-order valence-corrected chi connectivity index (χ2v) is 6.70. The van der Waals surface area contributed by atoms with Crippen LogP contribution in [0.25, 0.3) is 0 Å². The number of amides is 1. The van der Waals surface area contributed by atoms with Gasteiger partial charge in [-0.25, -0.2) is 0 Å². The summed E-state index contributed by atoms with van der Waals surface area (Å²) in [6.45, 7) is 8.38. The van der Waals surface area contributed by atoms with Gasteiger partial charge in [0, 0.05) is 32.6 Å². The Labute approximate surface area is 127 Å². The van der Waals surface area contributed by atoms with E-state index in [0.29, 0.717) is 30.1 Å². The van der Waals surface area contributed by atoms with Gasteiger partial charge in [-0.3, -0.25) is 4.79 Å². The van der Waals surface area contributed by atoms with Crippen LogP contribution in [0.1, 0.15) is 36.8 Å².